The van der Waals surface area contributed by atoms with Gasteiger partial charge in [0.15, 0.2) is 0 Å². The molecule has 1 unspecified atom stereocenters. The lowest BCUT2D eigenvalue weighted by molar-refractivity contribution is 0.187. The second-order valence-corrected chi connectivity index (χ2v) is 8.97. The summed E-state index contributed by atoms with van der Waals surface area (Å²) in [6.07, 6.45) is -0.534. The molecule has 1 amide bonds. The van der Waals surface area contributed by atoms with Crippen molar-refractivity contribution in [2.75, 3.05) is 23.9 Å². The maximum Gasteiger partial charge on any atom is 0.411 e. The molecule has 1 atom stereocenters. The minimum atomic E-state index is -2.73. The highest BCUT2D eigenvalue weighted by Gasteiger charge is 2.30. The molecule has 1 aliphatic rings. The minimum Gasteiger partial charge on any atom is -0.457 e. The van der Waals surface area contributed by atoms with Crippen molar-refractivity contribution in [1.82, 2.24) is 0 Å². The van der Waals surface area contributed by atoms with Crippen LogP contribution in [-0.2, 0) is 4.74 Å². The number of benzene rings is 2. The van der Waals surface area contributed by atoms with Crippen molar-refractivity contribution in [3.63, 3.8) is 0 Å². The van der Waals surface area contributed by atoms with Gasteiger partial charge in [-0.05, 0) is 48.5 Å². The zero-order valence-corrected chi connectivity index (χ0v) is 15.2. The van der Waals surface area contributed by atoms with Crippen LogP contribution in [0.4, 0.5) is 10.5 Å². The van der Waals surface area contributed by atoms with Gasteiger partial charge in [-0.3, -0.25) is 14.4 Å². The number of nitrogens with one attached hydrogen (secondary N) is 1. The van der Waals surface area contributed by atoms with Gasteiger partial charge in [0.1, 0.15) is 11.5 Å². The summed E-state index contributed by atoms with van der Waals surface area (Å²) in [6.45, 7) is 0. The molecule has 0 radical (unpaired) electrons. The van der Waals surface area contributed by atoms with E-state index < -0.39 is 16.7 Å². The van der Waals surface area contributed by atoms with Gasteiger partial charge < -0.3 is 9.47 Å². The van der Waals surface area contributed by atoms with Crippen LogP contribution in [0.25, 0.3) is 0 Å². The van der Waals surface area contributed by atoms with E-state index in [2.05, 4.69) is 10.1 Å². The Hall–Kier alpha value is -1.87. The third-order valence-electron chi connectivity index (χ3n) is 3.54. The van der Waals surface area contributed by atoms with Gasteiger partial charge in [0.2, 0.25) is 0 Å². The van der Waals surface area contributed by atoms with Crippen molar-refractivity contribution < 1.29 is 23.4 Å². The average Bonchev–Trinajstić information content (AvgIpc) is 3.40. The molecule has 1 saturated heterocycles. The summed E-state index contributed by atoms with van der Waals surface area (Å²) in [5.74, 6) is 2.60. The van der Waals surface area contributed by atoms with Crippen LogP contribution in [0.1, 0.15) is 0 Å². The van der Waals surface area contributed by atoms with Crippen molar-refractivity contribution in [3.8, 4) is 11.5 Å². The lowest BCUT2D eigenvalue weighted by Crippen LogP contribution is -2.10. The summed E-state index contributed by atoms with van der Waals surface area (Å²) in [5, 5.41) is 2.92. The van der Waals surface area contributed by atoms with E-state index in [1.165, 1.54) is 7.11 Å². The lowest BCUT2D eigenvalue weighted by atomic mass is 10.3. The van der Waals surface area contributed by atoms with Gasteiger partial charge >= 0.3 is 6.09 Å². The Morgan fingerprint density at radius 2 is 1.72 bits per heavy atom. The monoisotopic (exact) mass is 381 g/mol. The molecule has 2 aromatic rings. The maximum atomic E-state index is 11.1. The predicted octanol–water partition coefficient (Wildman–Crippen LogP) is 4.88. The van der Waals surface area contributed by atoms with Gasteiger partial charge in [-0.15, -0.1) is 0 Å². The number of hydrogen-bond acceptors (Lipinski definition) is 6. The molecule has 0 spiro atoms. The van der Waals surface area contributed by atoms with Gasteiger partial charge in [-0.2, -0.15) is 22.4 Å². The highest BCUT2D eigenvalue weighted by Crippen LogP contribution is 2.53. The van der Waals surface area contributed by atoms with E-state index in [0.29, 0.717) is 33.1 Å². The van der Waals surface area contributed by atoms with Crippen LogP contribution in [0.2, 0.25) is 0 Å². The van der Waals surface area contributed by atoms with E-state index in [4.69, 9.17) is 4.74 Å². The average molecular weight is 381 g/mol. The number of thioether (sulfide) groups is 1. The molecule has 1 fully saturated rings. The first-order chi connectivity index (χ1) is 12.0. The van der Waals surface area contributed by atoms with Gasteiger partial charge in [0, 0.05) is 16.7 Å². The number of rotatable bonds is 6. The van der Waals surface area contributed by atoms with Crippen LogP contribution in [-0.4, -0.2) is 39.1 Å². The van der Waals surface area contributed by atoms with Crippen molar-refractivity contribution in [2.45, 2.75) is 10.1 Å². The van der Waals surface area contributed by atoms with Gasteiger partial charge in [-0.1, -0.05) is 0 Å². The van der Waals surface area contributed by atoms with Crippen LogP contribution >= 0.6 is 22.4 Å². The molecule has 0 aromatic heterocycles. The molecule has 0 bridgehead atoms. The third-order valence-corrected chi connectivity index (χ3v) is 6.62. The molecule has 134 valence electrons. The van der Waals surface area contributed by atoms with Crippen LogP contribution in [0.3, 0.4) is 0 Å². The summed E-state index contributed by atoms with van der Waals surface area (Å²) in [5.41, 5.74) is 0.599. The van der Waals surface area contributed by atoms with Crippen LogP contribution in [0.5, 0.6) is 11.5 Å². The van der Waals surface area contributed by atoms with E-state index in [-0.39, 0.29) is 0 Å². The van der Waals surface area contributed by atoms with E-state index >= 15 is 0 Å². The standard InChI is InChI=1S/C17H19NO5S2/c1-22-17(19)18-12-2-4-13(5-3-12)23-14-6-8-16(9-7-14)25(20,21)11-15-10-24-15/h2-9,15,20-21H,10-11H2,1H3,(H,18,19). The number of carbonyl (C=O) groups excluding carboxylic acids is 1. The third kappa shape index (κ3) is 5.05. The molecule has 8 heteroatoms. The summed E-state index contributed by atoms with van der Waals surface area (Å²) in [6, 6.07) is 13.6. The van der Waals surface area contributed by atoms with Crippen molar-refractivity contribution in [2.24, 2.45) is 0 Å². The molecule has 1 aliphatic heterocycles. The SMILES string of the molecule is COC(=O)Nc1ccc(Oc2ccc(S(O)(O)CC3CS3)cc2)cc1. The summed E-state index contributed by atoms with van der Waals surface area (Å²) in [7, 11) is -1.43. The number of carbonyl (C=O) groups is 1. The molecule has 1 heterocycles. The zero-order valence-electron chi connectivity index (χ0n) is 13.5. The second kappa shape index (κ2) is 7.57. The summed E-state index contributed by atoms with van der Waals surface area (Å²) in [4.78, 5) is 11.7. The van der Waals surface area contributed by atoms with Crippen molar-refractivity contribution in [1.29, 1.82) is 0 Å². The van der Waals surface area contributed by atoms with Crippen LogP contribution in [0.15, 0.2) is 53.4 Å². The first-order valence-electron chi connectivity index (χ1n) is 7.57. The normalized spacial score (nSPS) is 16.8. The quantitative estimate of drug-likeness (QED) is 0.618. The van der Waals surface area contributed by atoms with Gasteiger partial charge in [0.05, 0.1) is 17.8 Å². The van der Waals surface area contributed by atoms with E-state index in [9.17, 15) is 13.9 Å². The molecule has 3 rings (SSSR count). The first kappa shape index (κ1) is 17.9. The minimum absolute atomic E-state index is 0.359. The fraction of sp³-hybridized carbons (Fsp3) is 0.235. The largest absolute Gasteiger partial charge is 0.457 e. The Bertz CT molecular complexity index is 730. The number of ether oxygens (including phenoxy) is 2. The molecule has 6 nitrogen and oxygen atoms in total. The predicted molar refractivity (Wildman–Crippen MR) is 101 cm³/mol. The molecule has 0 aliphatic carbocycles. The first-order valence-corrected chi connectivity index (χ1v) is 10.3. The Morgan fingerprint density at radius 3 is 2.24 bits per heavy atom. The van der Waals surface area contributed by atoms with E-state index in [1.54, 1.807) is 60.3 Å². The molecular weight excluding hydrogens is 362 g/mol. The van der Waals surface area contributed by atoms with Gasteiger partial charge in [0.25, 0.3) is 0 Å². The molecule has 25 heavy (non-hydrogen) atoms. The number of hydrogen-bond donors (Lipinski definition) is 3. The van der Waals surface area contributed by atoms with E-state index in [0.717, 1.165) is 5.75 Å². The Labute approximate surface area is 151 Å². The Balaban J connectivity index is 1.62. The fourth-order valence-electron chi connectivity index (χ4n) is 2.16. The molecule has 2 aromatic carbocycles. The maximum absolute atomic E-state index is 11.1. The Morgan fingerprint density at radius 1 is 1.16 bits per heavy atom. The highest BCUT2D eigenvalue weighted by atomic mass is 32.3. The summed E-state index contributed by atoms with van der Waals surface area (Å²) >= 11 is 1.74. The number of methoxy groups -OCH3 is 1. The number of amides is 1. The van der Waals surface area contributed by atoms with E-state index in [1.807, 2.05) is 0 Å². The number of anilines is 1. The molecule has 3 N–H and O–H groups in total. The van der Waals surface area contributed by atoms with Crippen LogP contribution < -0.4 is 10.1 Å². The summed E-state index contributed by atoms with van der Waals surface area (Å²) < 4.78 is 30.7. The van der Waals surface area contributed by atoms with Crippen LogP contribution in [0, 0.1) is 0 Å². The Kier molecular flexibility index (Phi) is 5.43. The lowest BCUT2D eigenvalue weighted by Gasteiger charge is -2.32. The fourth-order valence-corrected chi connectivity index (χ4v) is 4.91. The topological polar surface area (TPSA) is 88.0 Å². The molecule has 0 saturated carbocycles. The highest BCUT2D eigenvalue weighted by molar-refractivity contribution is 8.25. The molecular formula is C17H19NO5S2. The van der Waals surface area contributed by atoms with Gasteiger partial charge in [-0.25, -0.2) is 4.79 Å². The second-order valence-electron chi connectivity index (χ2n) is 5.50. The zero-order chi connectivity index (χ0) is 17.9. The van der Waals surface area contributed by atoms with Crippen molar-refractivity contribution >= 4 is 34.1 Å². The van der Waals surface area contributed by atoms with Crippen molar-refractivity contribution in [3.05, 3.63) is 48.5 Å². The smallest absolute Gasteiger partial charge is 0.411 e.